The Bertz CT molecular complexity index is 1150. The number of nitriles is 1. The van der Waals surface area contributed by atoms with Crippen molar-refractivity contribution < 1.29 is 49.8 Å². The third-order valence-electron chi connectivity index (χ3n) is 7.34. The molecule has 2 N–H and O–H groups in total. The number of benzene rings is 1. The Morgan fingerprint density at radius 3 is 2.14 bits per heavy atom. The summed E-state index contributed by atoms with van der Waals surface area (Å²) in [5.41, 5.74) is -7.69. The Morgan fingerprint density at radius 1 is 1.05 bits per heavy atom. The summed E-state index contributed by atoms with van der Waals surface area (Å²) in [6, 6.07) is 1.65. The highest BCUT2D eigenvalue weighted by Gasteiger charge is 2.71. The van der Waals surface area contributed by atoms with Gasteiger partial charge < -0.3 is 15.3 Å². The lowest BCUT2D eigenvalue weighted by molar-refractivity contribution is -0.199. The molecule has 3 fully saturated rings. The molecule has 37 heavy (non-hydrogen) atoms. The van der Waals surface area contributed by atoms with Crippen LogP contribution in [0.5, 0.6) is 0 Å². The SMILES string of the molecule is N#CC1(NC(=O)[C@@H]2CC(C(F)(F)c3ccc(CO)cc3C(F)(F)F)CN2C(=O)C2(C(F)(F)F)CC2)CC1. The van der Waals surface area contributed by atoms with E-state index in [-0.39, 0.29) is 18.4 Å². The molecule has 1 aromatic rings. The van der Waals surface area contributed by atoms with Crippen LogP contribution in [0, 0.1) is 22.7 Å². The van der Waals surface area contributed by atoms with Gasteiger partial charge in [-0.15, -0.1) is 0 Å². The number of nitrogens with one attached hydrogen (secondary N) is 1. The molecule has 0 spiro atoms. The molecule has 14 heteroatoms. The number of aliphatic hydroxyl groups excluding tert-OH is 1. The predicted octanol–water partition coefficient (Wildman–Crippen LogP) is 4.02. The van der Waals surface area contributed by atoms with Gasteiger partial charge in [-0.25, -0.2) is 8.78 Å². The zero-order valence-corrected chi connectivity index (χ0v) is 19.0. The second kappa shape index (κ2) is 8.54. The van der Waals surface area contributed by atoms with E-state index in [0.29, 0.717) is 17.0 Å². The summed E-state index contributed by atoms with van der Waals surface area (Å²) in [6.07, 6.45) is -12.0. The fourth-order valence-electron chi connectivity index (χ4n) is 4.73. The molecule has 2 aliphatic carbocycles. The van der Waals surface area contributed by atoms with Crippen molar-refractivity contribution in [3.63, 3.8) is 0 Å². The maximum Gasteiger partial charge on any atom is 0.416 e. The van der Waals surface area contributed by atoms with Crippen LogP contribution >= 0.6 is 0 Å². The average molecular weight is 539 g/mol. The van der Waals surface area contributed by atoms with Crippen LogP contribution in [0.4, 0.5) is 35.1 Å². The van der Waals surface area contributed by atoms with E-state index in [4.69, 9.17) is 5.11 Å². The first-order chi connectivity index (χ1) is 17.0. The largest absolute Gasteiger partial charge is 0.416 e. The van der Waals surface area contributed by atoms with Gasteiger partial charge in [-0.2, -0.15) is 31.6 Å². The molecule has 0 radical (unpaired) electrons. The maximum absolute atomic E-state index is 15.6. The first-order valence-corrected chi connectivity index (χ1v) is 11.3. The van der Waals surface area contributed by atoms with Crippen molar-refractivity contribution in [3.8, 4) is 6.07 Å². The number of carbonyl (C=O) groups excluding carboxylic acids is 2. The molecule has 0 aromatic heterocycles. The third-order valence-corrected chi connectivity index (χ3v) is 7.34. The molecule has 1 aliphatic heterocycles. The molecule has 4 rings (SSSR count). The second-order valence-electron chi connectivity index (χ2n) is 9.83. The molecule has 0 bridgehead atoms. The van der Waals surface area contributed by atoms with Crippen LogP contribution < -0.4 is 5.32 Å². The Labute approximate surface area is 205 Å². The molecule has 1 aromatic carbocycles. The standard InChI is InChI=1S/C23H21F8N3O3/c24-21(25,14-2-1-12(10-35)7-15(14)22(26,27)28)13-8-16(17(36)33-19(11-32)3-4-19)34(9-13)18(37)20(5-6-20)23(29,30)31/h1-2,7,13,16,35H,3-6,8-10H2,(H,33,36)/t13?,16-/m0/s1. The highest BCUT2D eigenvalue weighted by Crippen LogP contribution is 2.60. The summed E-state index contributed by atoms with van der Waals surface area (Å²) in [5.74, 6) is -9.15. The molecule has 2 atom stereocenters. The predicted molar refractivity (Wildman–Crippen MR) is 108 cm³/mol. The van der Waals surface area contributed by atoms with Gasteiger partial charge in [0.25, 0.3) is 5.92 Å². The van der Waals surface area contributed by atoms with Crippen molar-refractivity contribution in [3.05, 3.63) is 34.9 Å². The summed E-state index contributed by atoms with van der Waals surface area (Å²) in [6.45, 7) is -1.95. The number of amides is 2. The van der Waals surface area contributed by atoms with Crippen LogP contribution in [0.2, 0.25) is 0 Å². The molecule has 1 unspecified atom stereocenters. The van der Waals surface area contributed by atoms with Gasteiger partial charge in [0.05, 0.1) is 18.2 Å². The molecule has 202 valence electrons. The molecule has 2 saturated carbocycles. The van der Waals surface area contributed by atoms with Gasteiger partial charge in [-0.1, -0.05) is 12.1 Å². The van der Waals surface area contributed by atoms with Gasteiger partial charge in [-0.3, -0.25) is 9.59 Å². The fourth-order valence-corrected chi connectivity index (χ4v) is 4.73. The molecule has 1 heterocycles. The third kappa shape index (κ3) is 4.62. The van der Waals surface area contributed by atoms with E-state index in [1.807, 2.05) is 6.07 Å². The highest BCUT2D eigenvalue weighted by atomic mass is 19.4. The van der Waals surface area contributed by atoms with E-state index < -0.39 is 96.5 Å². The first-order valence-electron chi connectivity index (χ1n) is 11.3. The number of nitrogens with zero attached hydrogens (tertiary/aromatic N) is 2. The monoisotopic (exact) mass is 539 g/mol. The van der Waals surface area contributed by atoms with Crippen LogP contribution in [0.1, 0.15) is 48.8 Å². The quantitative estimate of drug-likeness (QED) is 0.535. The zero-order chi connectivity index (χ0) is 27.6. The maximum atomic E-state index is 15.6. The average Bonchev–Trinajstić information content (AvgIpc) is 3.73. The van der Waals surface area contributed by atoms with Crippen LogP contribution in [-0.4, -0.2) is 46.1 Å². The Hall–Kier alpha value is -2.95. The minimum absolute atomic E-state index is 0.216. The Balaban J connectivity index is 1.71. The molecule has 2 amide bonds. The number of alkyl halides is 8. The minimum atomic E-state index is -5.26. The number of halogens is 8. The lowest BCUT2D eigenvalue weighted by Crippen LogP contribution is -2.53. The number of carbonyl (C=O) groups is 2. The molecule has 3 aliphatic rings. The number of likely N-dealkylation sites (tertiary alicyclic amines) is 1. The van der Waals surface area contributed by atoms with E-state index in [2.05, 4.69) is 5.32 Å². The summed E-state index contributed by atoms with van der Waals surface area (Å²) in [5, 5.41) is 20.6. The summed E-state index contributed by atoms with van der Waals surface area (Å²) >= 11 is 0. The number of hydrogen-bond donors (Lipinski definition) is 2. The number of hydrogen-bond acceptors (Lipinski definition) is 4. The van der Waals surface area contributed by atoms with Crippen molar-refractivity contribution in [2.24, 2.45) is 11.3 Å². The van der Waals surface area contributed by atoms with Crippen molar-refractivity contribution in [1.29, 1.82) is 5.26 Å². The van der Waals surface area contributed by atoms with Gasteiger partial charge in [0, 0.05) is 18.0 Å². The van der Waals surface area contributed by atoms with E-state index in [1.165, 1.54) is 0 Å². The van der Waals surface area contributed by atoms with Crippen molar-refractivity contribution in [2.75, 3.05) is 6.54 Å². The molecule has 6 nitrogen and oxygen atoms in total. The van der Waals surface area contributed by atoms with E-state index in [9.17, 15) is 41.2 Å². The molecular weight excluding hydrogens is 518 g/mol. The molecular formula is C23H21F8N3O3. The first kappa shape index (κ1) is 27.1. The van der Waals surface area contributed by atoms with E-state index in [1.54, 1.807) is 0 Å². The Kier molecular flexibility index (Phi) is 6.25. The zero-order valence-electron chi connectivity index (χ0n) is 19.0. The summed E-state index contributed by atoms with van der Waals surface area (Å²) in [4.78, 5) is 26.2. The van der Waals surface area contributed by atoms with Crippen molar-refractivity contribution in [1.82, 2.24) is 10.2 Å². The van der Waals surface area contributed by atoms with Crippen LogP contribution in [-0.2, 0) is 28.3 Å². The van der Waals surface area contributed by atoms with Gasteiger partial charge in [0.15, 0.2) is 0 Å². The van der Waals surface area contributed by atoms with Crippen molar-refractivity contribution in [2.45, 2.75) is 68.6 Å². The second-order valence-corrected chi connectivity index (χ2v) is 9.83. The highest BCUT2D eigenvalue weighted by molar-refractivity contribution is 5.93. The van der Waals surface area contributed by atoms with Gasteiger partial charge in [-0.05, 0) is 43.7 Å². The lowest BCUT2D eigenvalue weighted by atomic mass is 9.88. The topological polar surface area (TPSA) is 93.4 Å². The molecule has 1 saturated heterocycles. The van der Waals surface area contributed by atoms with E-state index in [0.717, 1.165) is 6.07 Å². The fraction of sp³-hybridized carbons (Fsp3) is 0.609. The van der Waals surface area contributed by atoms with Crippen LogP contribution in [0.15, 0.2) is 18.2 Å². The Morgan fingerprint density at radius 2 is 1.68 bits per heavy atom. The minimum Gasteiger partial charge on any atom is -0.392 e. The van der Waals surface area contributed by atoms with Crippen molar-refractivity contribution >= 4 is 11.8 Å². The van der Waals surface area contributed by atoms with E-state index >= 15 is 8.78 Å². The van der Waals surface area contributed by atoms with Crippen LogP contribution in [0.25, 0.3) is 0 Å². The van der Waals surface area contributed by atoms with Crippen LogP contribution in [0.3, 0.4) is 0 Å². The summed E-state index contributed by atoms with van der Waals surface area (Å²) < 4.78 is 113. The van der Waals surface area contributed by atoms with Gasteiger partial charge >= 0.3 is 12.4 Å². The van der Waals surface area contributed by atoms with Gasteiger partial charge in [0.1, 0.15) is 17.0 Å². The summed E-state index contributed by atoms with van der Waals surface area (Å²) in [7, 11) is 0. The number of rotatable bonds is 6. The lowest BCUT2D eigenvalue weighted by Gasteiger charge is -2.30. The smallest absolute Gasteiger partial charge is 0.392 e. The number of aliphatic hydroxyl groups is 1. The van der Waals surface area contributed by atoms with Gasteiger partial charge in [0.2, 0.25) is 11.8 Å². The normalized spacial score (nSPS) is 24.4.